The first-order chi connectivity index (χ1) is 9.08. The highest BCUT2D eigenvalue weighted by Gasteiger charge is 2.10. The van der Waals surface area contributed by atoms with Gasteiger partial charge in [-0.1, -0.05) is 6.92 Å². The van der Waals surface area contributed by atoms with Gasteiger partial charge in [0.1, 0.15) is 5.75 Å². The van der Waals surface area contributed by atoms with Crippen molar-refractivity contribution in [3.05, 3.63) is 29.3 Å². The molecule has 0 spiro atoms. The average Bonchev–Trinajstić information content (AvgIpc) is 2.38. The third-order valence-corrected chi connectivity index (χ3v) is 4.11. The average molecular weight is 282 g/mol. The fourth-order valence-corrected chi connectivity index (χ4v) is 2.67. The van der Waals surface area contributed by atoms with Crippen LogP contribution in [0.4, 0.5) is 0 Å². The Balaban J connectivity index is 2.81. The van der Waals surface area contributed by atoms with Crippen LogP contribution in [-0.4, -0.2) is 29.4 Å². The van der Waals surface area contributed by atoms with E-state index in [2.05, 4.69) is 6.92 Å². The molecule has 106 valence electrons. The zero-order valence-corrected chi connectivity index (χ0v) is 12.6. The quantitative estimate of drug-likeness (QED) is 0.743. The van der Waals surface area contributed by atoms with Gasteiger partial charge in [0, 0.05) is 28.7 Å². The van der Waals surface area contributed by atoms with Crippen molar-refractivity contribution in [3.63, 3.8) is 0 Å². The molecule has 0 bridgehead atoms. The second-order valence-corrected chi connectivity index (χ2v) is 5.87. The van der Waals surface area contributed by atoms with Gasteiger partial charge in [-0.25, -0.2) is 0 Å². The fraction of sp³-hybridized carbons (Fsp3) is 0.533. The highest BCUT2D eigenvalue weighted by molar-refractivity contribution is 7.99. The number of ether oxygens (including phenoxy) is 1. The van der Waals surface area contributed by atoms with Crippen molar-refractivity contribution in [1.82, 2.24) is 0 Å². The summed E-state index contributed by atoms with van der Waals surface area (Å²) in [7, 11) is 0. The topological polar surface area (TPSA) is 46.5 Å². The van der Waals surface area contributed by atoms with E-state index >= 15 is 0 Å². The Morgan fingerprint density at radius 1 is 1.47 bits per heavy atom. The zero-order valence-electron chi connectivity index (χ0n) is 11.8. The van der Waals surface area contributed by atoms with Gasteiger partial charge < -0.3 is 9.84 Å². The van der Waals surface area contributed by atoms with Crippen LogP contribution in [0, 0.1) is 0 Å². The van der Waals surface area contributed by atoms with Gasteiger partial charge in [-0.05, 0) is 38.5 Å². The molecule has 0 amide bonds. The summed E-state index contributed by atoms with van der Waals surface area (Å²) in [6.07, 6.45) is 0.779. The third-order valence-electron chi connectivity index (χ3n) is 2.83. The Morgan fingerprint density at radius 3 is 2.79 bits per heavy atom. The Bertz CT molecular complexity index is 418. The van der Waals surface area contributed by atoms with Crippen LogP contribution in [0.1, 0.15) is 43.1 Å². The highest BCUT2D eigenvalue weighted by atomic mass is 32.2. The van der Waals surface area contributed by atoms with Gasteiger partial charge in [0.15, 0.2) is 5.78 Å². The minimum absolute atomic E-state index is 0.0673. The number of aliphatic hydroxyl groups is 1. The summed E-state index contributed by atoms with van der Waals surface area (Å²) >= 11 is 1.76. The van der Waals surface area contributed by atoms with Crippen LogP contribution in [-0.2, 0) is 5.75 Å². The molecule has 0 aliphatic heterocycles. The molecule has 1 atom stereocenters. The fourth-order valence-electron chi connectivity index (χ4n) is 1.70. The van der Waals surface area contributed by atoms with E-state index in [9.17, 15) is 4.79 Å². The first-order valence-electron chi connectivity index (χ1n) is 6.57. The molecule has 1 unspecified atom stereocenters. The molecule has 0 saturated carbocycles. The van der Waals surface area contributed by atoms with Gasteiger partial charge in [-0.3, -0.25) is 4.79 Å². The lowest BCUT2D eigenvalue weighted by molar-refractivity contribution is 0.101. The molecule has 1 rings (SSSR count). The molecule has 0 heterocycles. The number of Topliss-reactive ketones (excluding diaryl/α,β-unsaturated/α-hetero) is 1. The maximum Gasteiger partial charge on any atom is 0.159 e. The van der Waals surface area contributed by atoms with Crippen molar-refractivity contribution >= 4 is 17.5 Å². The Morgan fingerprint density at radius 2 is 2.21 bits per heavy atom. The number of hydrogen-bond donors (Lipinski definition) is 1. The van der Waals surface area contributed by atoms with Crippen LogP contribution in [0.15, 0.2) is 18.2 Å². The monoisotopic (exact) mass is 282 g/mol. The van der Waals surface area contributed by atoms with Gasteiger partial charge in [-0.2, -0.15) is 11.8 Å². The maximum atomic E-state index is 11.4. The minimum Gasteiger partial charge on any atom is -0.494 e. The second-order valence-electron chi connectivity index (χ2n) is 4.45. The van der Waals surface area contributed by atoms with Crippen molar-refractivity contribution in [2.45, 2.75) is 38.2 Å². The van der Waals surface area contributed by atoms with Crippen molar-refractivity contribution in [2.24, 2.45) is 0 Å². The van der Waals surface area contributed by atoms with Crippen LogP contribution in [0.25, 0.3) is 0 Å². The van der Waals surface area contributed by atoms with Gasteiger partial charge in [0.2, 0.25) is 0 Å². The van der Waals surface area contributed by atoms with Gasteiger partial charge in [0.25, 0.3) is 0 Å². The summed E-state index contributed by atoms with van der Waals surface area (Å²) < 4.78 is 5.59. The van der Waals surface area contributed by atoms with Crippen LogP contribution >= 0.6 is 11.8 Å². The first-order valence-corrected chi connectivity index (χ1v) is 7.62. The van der Waals surface area contributed by atoms with Gasteiger partial charge in [0.05, 0.1) is 6.61 Å². The normalized spacial score (nSPS) is 12.2. The number of aliphatic hydroxyl groups excluding tert-OH is 1. The lowest BCUT2D eigenvalue weighted by Gasteiger charge is -2.14. The Labute approximate surface area is 119 Å². The lowest BCUT2D eigenvalue weighted by atomic mass is 10.1. The molecule has 3 nitrogen and oxygen atoms in total. The molecule has 1 aromatic rings. The summed E-state index contributed by atoms with van der Waals surface area (Å²) in [5, 5.41) is 9.30. The Hall–Kier alpha value is -1.00. The molecule has 0 saturated heterocycles. The van der Waals surface area contributed by atoms with E-state index in [1.165, 1.54) is 0 Å². The molecule has 19 heavy (non-hydrogen) atoms. The molecule has 0 aromatic heterocycles. The number of thioether (sulfide) groups is 1. The summed E-state index contributed by atoms with van der Waals surface area (Å²) in [5.41, 5.74) is 1.76. The van der Waals surface area contributed by atoms with E-state index in [0.717, 1.165) is 23.5 Å². The number of carbonyl (C=O) groups excluding carboxylic acids is 1. The van der Waals surface area contributed by atoms with Crippen LogP contribution in [0.3, 0.4) is 0 Å². The number of ketones is 1. The van der Waals surface area contributed by atoms with Gasteiger partial charge in [-0.15, -0.1) is 0 Å². The predicted molar refractivity (Wildman–Crippen MR) is 80.1 cm³/mol. The van der Waals surface area contributed by atoms with Crippen LogP contribution in [0.5, 0.6) is 5.75 Å². The van der Waals surface area contributed by atoms with E-state index in [4.69, 9.17) is 9.84 Å². The molecule has 1 aromatic carbocycles. The summed E-state index contributed by atoms with van der Waals surface area (Å²) in [6, 6.07) is 5.58. The zero-order chi connectivity index (χ0) is 14.3. The Kier molecular flexibility index (Phi) is 6.95. The number of hydrogen-bond acceptors (Lipinski definition) is 4. The van der Waals surface area contributed by atoms with E-state index in [1.54, 1.807) is 24.8 Å². The first kappa shape index (κ1) is 16.1. The van der Waals surface area contributed by atoms with Crippen LogP contribution < -0.4 is 4.74 Å². The molecule has 1 N–H and O–H groups in total. The third kappa shape index (κ3) is 5.25. The van der Waals surface area contributed by atoms with Crippen molar-refractivity contribution in [2.75, 3.05) is 13.2 Å². The molecule has 0 aliphatic rings. The number of rotatable bonds is 8. The minimum atomic E-state index is 0.0673. The summed E-state index contributed by atoms with van der Waals surface area (Å²) in [5.74, 6) is 1.70. The molecule has 4 heteroatoms. The second kappa shape index (κ2) is 8.23. The standard InChI is InChI=1S/C15H22O3S/c1-4-18-15-6-5-13(12(3)17)9-14(15)10-19-11(2)7-8-16/h5-6,9,11,16H,4,7-8,10H2,1-3H3. The van der Waals surface area contributed by atoms with Crippen LogP contribution in [0.2, 0.25) is 0 Å². The van der Waals surface area contributed by atoms with E-state index in [1.807, 2.05) is 19.1 Å². The lowest BCUT2D eigenvalue weighted by Crippen LogP contribution is -2.03. The molecule has 0 aliphatic carbocycles. The van der Waals surface area contributed by atoms with Crippen molar-refractivity contribution in [1.29, 1.82) is 0 Å². The van der Waals surface area contributed by atoms with Crippen molar-refractivity contribution < 1.29 is 14.6 Å². The highest BCUT2D eigenvalue weighted by Crippen LogP contribution is 2.27. The van der Waals surface area contributed by atoms with E-state index in [0.29, 0.717) is 17.4 Å². The largest absolute Gasteiger partial charge is 0.494 e. The summed E-state index contributed by atoms with van der Waals surface area (Å²) in [4.78, 5) is 11.4. The smallest absolute Gasteiger partial charge is 0.159 e. The SMILES string of the molecule is CCOc1ccc(C(C)=O)cc1CSC(C)CCO. The molecule has 0 fully saturated rings. The molecule has 0 radical (unpaired) electrons. The number of benzene rings is 1. The number of carbonyl (C=O) groups is 1. The van der Waals surface area contributed by atoms with Gasteiger partial charge >= 0.3 is 0 Å². The van der Waals surface area contributed by atoms with Crippen molar-refractivity contribution in [3.8, 4) is 5.75 Å². The van der Waals surface area contributed by atoms with E-state index < -0.39 is 0 Å². The molecular weight excluding hydrogens is 260 g/mol. The molecular formula is C15H22O3S. The maximum absolute atomic E-state index is 11.4. The summed E-state index contributed by atoms with van der Waals surface area (Å²) in [6.45, 7) is 6.44. The predicted octanol–water partition coefficient (Wildman–Crippen LogP) is 3.29. The van der Waals surface area contributed by atoms with E-state index in [-0.39, 0.29) is 12.4 Å².